The quantitative estimate of drug-likeness (QED) is 0.304. The number of para-hydroxylation sites is 1. The van der Waals surface area contributed by atoms with Crippen molar-refractivity contribution in [3.63, 3.8) is 0 Å². The van der Waals surface area contributed by atoms with Crippen molar-refractivity contribution in [1.82, 2.24) is 24.4 Å². The largest absolute Gasteiger partial charge is 0.493 e. The number of hydrogen-bond acceptors (Lipinski definition) is 7. The second-order valence-electron chi connectivity index (χ2n) is 8.56. The van der Waals surface area contributed by atoms with E-state index in [1.807, 2.05) is 66.3 Å². The van der Waals surface area contributed by atoms with Crippen molar-refractivity contribution in [1.29, 1.82) is 0 Å². The molecule has 0 radical (unpaired) electrons. The van der Waals surface area contributed by atoms with Gasteiger partial charge in [0, 0.05) is 17.3 Å². The topological polar surface area (TPSA) is 87.4 Å². The van der Waals surface area contributed by atoms with Crippen molar-refractivity contribution in [3.8, 4) is 34.3 Å². The Hall–Kier alpha value is -4.50. The van der Waals surface area contributed by atoms with Crippen LogP contribution in [0.4, 0.5) is 0 Å². The second-order valence-corrected chi connectivity index (χ2v) is 9.57. The molecule has 184 valence electrons. The Balaban J connectivity index is 1.47. The van der Waals surface area contributed by atoms with Crippen LogP contribution in [0.25, 0.3) is 39.6 Å². The Morgan fingerprint density at radius 2 is 1.95 bits per heavy atom. The molecule has 6 rings (SSSR count). The Morgan fingerprint density at radius 3 is 2.68 bits per heavy atom. The molecule has 0 spiro atoms. The van der Waals surface area contributed by atoms with Crippen LogP contribution in [-0.4, -0.2) is 31.0 Å². The highest BCUT2D eigenvalue weighted by molar-refractivity contribution is 7.15. The van der Waals surface area contributed by atoms with Gasteiger partial charge in [0.1, 0.15) is 11.4 Å². The van der Waals surface area contributed by atoms with Crippen molar-refractivity contribution in [3.05, 3.63) is 99.1 Å². The van der Waals surface area contributed by atoms with E-state index >= 15 is 0 Å². The molecule has 0 aliphatic rings. The lowest BCUT2D eigenvalue weighted by atomic mass is 10.0. The van der Waals surface area contributed by atoms with Gasteiger partial charge in [0.05, 0.1) is 23.1 Å². The minimum absolute atomic E-state index is 0.233. The van der Waals surface area contributed by atoms with Crippen molar-refractivity contribution in [2.24, 2.45) is 0 Å². The van der Waals surface area contributed by atoms with Gasteiger partial charge in [0.2, 0.25) is 10.8 Å². The van der Waals surface area contributed by atoms with E-state index in [1.54, 1.807) is 18.4 Å². The number of benzene rings is 2. The van der Waals surface area contributed by atoms with Gasteiger partial charge in [-0.2, -0.15) is 14.6 Å². The third-order valence-corrected chi connectivity index (χ3v) is 6.84. The minimum atomic E-state index is -0.233. The second kappa shape index (κ2) is 9.51. The number of rotatable bonds is 7. The highest BCUT2D eigenvalue weighted by atomic mass is 32.1. The van der Waals surface area contributed by atoms with Crippen LogP contribution in [-0.2, 0) is 0 Å². The third kappa shape index (κ3) is 4.34. The SMILES string of the molecule is CCCOc1ccc(-c2nn(-c3ccccc3)cc2/C=c2\sc3nc(-c4ccco4)nn3c2=O)cc1C. The highest BCUT2D eigenvalue weighted by Gasteiger charge is 2.16. The number of furan rings is 1. The van der Waals surface area contributed by atoms with Crippen LogP contribution in [0.1, 0.15) is 24.5 Å². The fourth-order valence-corrected chi connectivity index (χ4v) is 4.98. The average molecular weight is 510 g/mol. The number of aryl methyl sites for hydroxylation is 1. The summed E-state index contributed by atoms with van der Waals surface area (Å²) in [5.41, 5.74) is 4.25. The summed E-state index contributed by atoms with van der Waals surface area (Å²) < 4.78 is 14.9. The number of ether oxygens (including phenoxy) is 1. The van der Waals surface area contributed by atoms with E-state index in [4.69, 9.17) is 14.3 Å². The van der Waals surface area contributed by atoms with Crippen LogP contribution in [0.5, 0.6) is 5.75 Å². The Bertz CT molecular complexity index is 1800. The van der Waals surface area contributed by atoms with Crippen molar-refractivity contribution >= 4 is 22.4 Å². The highest BCUT2D eigenvalue weighted by Crippen LogP contribution is 2.29. The molecule has 37 heavy (non-hydrogen) atoms. The molecule has 4 aromatic heterocycles. The molecule has 0 atom stereocenters. The number of thiazole rings is 1. The van der Waals surface area contributed by atoms with Gasteiger partial charge in [-0.3, -0.25) is 4.79 Å². The van der Waals surface area contributed by atoms with Crippen LogP contribution in [0, 0.1) is 6.92 Å². The van der Waals surface area contributed by atoms with Gasteiger partial charge in [-0.25, -0.2) is 4.68 Å². The first kappa shape index (κ1) is 22.9. The van der Waals surface area contributed by atoms with Crippen molar-refractivity contribution in [2.75, 3.05) is 6.61 Å². The minimum Gasteiger partial charge on any atom is -0.493 e. The molecule has 9 heteroatoms. The summed E-state index contributed by atoms with van der Waals surface area (Å²) >= 11 is 1.28. The van der Waals surface area contributed by atoms with Crippen molar-refractivity contribution < 1.29 is 9.15 Å². The third-order valence-electron chi connectivity index (χ3n) is 5.88. The standard InChI is InChI=1S/C28H23N5O3S/c1-3-13-35-22-12-11-19(15-18(22)2)25-20(17-32(30-25)21-8-5-4-6-9-21)16-24-27(34)33-28(37-24)29-26(31-33)23-10-7-14-36-23/h4-12,14-17H,3,13H2,1-2H3/b24-16-. The van der Waals surface area contributed by atoms with E-state index in [9.17, 15) is 4.79 Å². The van der Waals surface area contributed by atoms with E-state index in [0.717, 1.165) is 40.2 Å². The van der Waals surface area contributed by atoms with E-state index in [-0.39, 0.29) is 5.56 Å². The molecule has 0 N–H and O–H groups in total. The van der Waals surface area contributed by atoms with Crippen LogP contribution in [0.15, 0.2) is 82.3 Å². The first-order chi connectivity index (χ1) is 18.1. The molecule has 0 aliphatic carbocycles. The summed E-state index contributed by atoms with van der Waals surface area (Å²) in [5, 5.41) is 9.25. The Morgan fingerprint density at radius 1 is 1.08 bits per heavy atom. The molecule has 6 aromatic rings. The smallest absolute Gasteiger partial charge is 0.291 e. The molecule has 0 fully saturated rings. The van der Waals surface area contributed by atoms with E-state index in [2.05, 4.69) is 23.1 Å². The monoisotopic (exact) mass is 509 g/mol. The molecule has 0 unspecified atom stereocenters. The van der Waals surface area contributed by atoms with Gasteiger partial charge in [-0.05, 0) is 67.4 Å². The zero-order valence-corrected chi connectivity index (χ0v) is 21.1. The maximum atomic E-state index is 13.2. The number of nitrogens with zero attached hydrogens (tertiary/aromatic N) is 5. The molecule has 4 heterocycles. The van der Waals surface area contributed by atoms with Gasteiger partial charge >= 0.3 is 0 Å². The maximum Gasteiger partial charge on any atom is 0.291 e. The van der Waals surface area contributed by atoms with Gasteiger partial charge in [0.15, 0.2) is 5.76 Å². The predicted molar refractivity (Wildman–Crippen MR) is 143 cm³/mol. The Labute approximate surface area is 216 Å². The number of fused-ring (bicyclic) bond motifs is 1. The molecule has 0 amide bonds. The van der Waals surface area contributed by atoms with Gasteiger partial charge in [-0.15, -0.1) is 5.10 Å². The van der Waals surface area contributed by atoms with Crippen LogP contribution < -0.4 is 14.8 Å². The summed E-state index contributed by atoms with van der Waals surface area (Å²) in [5.74, 6) is 1.77. The first-order valence-corrected chi connectivity index (χ1v) is 12.8. The molecule has 0 saturated carbocycles. The molecular weight excluding hydrogens is 486 g/mol. The van der Waals surface area contributed by atoms with Crippen molar-refractivity contribution in [2.45, 2.75) is 20.3 Å². The van der Waals surface area contributed by atoms with Gasteiger partial charge in [0.25, 0.3) is 5.56 Å². The molecule has 0 bridgehead atoms. The zero-order chi connectivity index (χ0) is 25.4. The molecular formula is C28H23N5O3S. The molecule has 8 nitrogen and oxygen atoms in total. The summed E-state index contributed by atoms with van der Waals surface area (Å²) in [7, 11) is 0. The summed E-state index contributed by atoms with van der Waals surface area (Å²) in [6.07, 6.45) is 6.29. The van der Waals surface area contributed by atoms with Gasteiger partial charge in [-0.1, -0.05) is 36.5 Å². The summed E-state index contributed by atoms with van der Waals surface area (Å²) in [6.45, 7) is 4.78. The van der Waals surface area contributed by atoms with Gasteiger partial charge < -0.3 is 9.15 Å². The lowest BCUT2D eigenvalue weighted by Gasteiger charge is -2.09. The molecule has 0 aliphatic heterocycles. The van der Waals surface area contributed by atoms with Crippen LogP contribution in [0.2, 0.25) is 0 Å². The lowest BCUT2D eigenvalue weighted by molar-refractivity contribution is 0.315. The Kier molecular flexibility index (Phi) is 5.90. The molecule has 0 saturated heterocycles. The molecule has 2 aromatic carbocycles. The average Bonchev–Trinajstić information content (AvgIpc) is 3.70. The zero-order valence-electron chi connectivity index (χ0n) is 20.3. The summed E-state index contributed by atoms with van der Waals surface area (Å²) in [6, 6.07) is 19.5. The number of aromatic nitrogens is 5. The van der Waals surface area contributed by atoms with E-state index in [1.165, 1.54) is 15.9 Å². The predicted octanol–water partition coefficient (Wildman–Crippen LogP) is 4.91. The fraction of sp³-hybridized carbons (Fsp3) is 0.143. The van der Waals surface area contributed by atoms with Crippen LogP contribution >= 0.6 is 11.3 Å². The van der Waals surface area contributed by atoms with E-state index in [0.29, 0.717) is 27.7 Å². The fourth-order valence-electron chi connectivity index (χ4n) is 4.09. The lowest BCUT2D eigenvalue weighted by Crippen LogP contribution is -2.23. The van der Waals surface area contributed by atoms with Crippen LogP contribution in [0.3, 0.4) is 0 Å². The normalized spacial score (nSPS) is 12.0. The number of hydrogen-bond donors (Lipinski definition) is 0. The van der Waals surface area contributed by atoms with E-state index < -0.39 is 0 Å². The first-order valence-electron chi connectivity index (χ1n) is 11.9. The summed E-state index contributed by atoms with van der Waals surface area (Å²) in [4.78, 5) is 18.2. The maximum absolute atomic E-state index is 13.2.